The standard InChI is InChI=1S/C18H15ClN2O4S/c19-15-13-3-1-2-4-14(13)26-16(15)18(23)20-9-10-25-12-7-5-11(6-8-12)17(22)21-24/h1-8,24H,9-10H2,(H,20,23)(H,21,22). The summed E-state index contributed by atoms with van der Waals surface area (Å²) >= 11 is 7.63. The summed E-state index contributed by atoms with van der Waals surface area (Å²) in [6.45, 7) is 0.572. The molecule has 26 heavy (non-hydrogen) atoms. The molecule has 1 aromatic heterocycles. The maximum absolute atomic E-state index is 12.3. The third kappa shape index (κ3) is 3.96. The summed E-state index contributed by atoms with van der Waals surface area (Å²) in [6, 6.07) is 13.9. The third-order valence-corrected chi connectivity index (χ3v) is 5.29. The van der Waals surface area contributed by atoms with Gasteiger partial charge in [-0.1, -0.05) is 29.8 Å². The normalized spacial score (nSPS) is 10.5. The molecule has 8 heteroatoms. The number of hydrogen-bond donors (Lipinski definition) is 3. The van der Waals surface area contributed by atoms with Crippen molar-refractivity contribution in [3.63, 3.8) is 0 Å². The van der Waals surface area contributed by atoms with Crippen molar-refractivity contribution in [3.8, 4) is 5.75 Å². The molecule has 0 unspecified atom stereocenters. The van der Waals surface area contributed by atoms with Gasteiger partial charge in [-0.25, -0.2) is 5.48 Å². The number of carbonyl (C=O) groups excluding carboxylic acids is 2. The summed E-state index contributed by atoms with van der Waals surface area (Å²) in [5.74, 6) is -0.285. The topological polar surface area (TPSA) is 87.7 Å². The zero-order valence-corrected chi connectivity index (χ0v) is 15.1. The van der Waals surface area contributed by atoms with Crippen molar-refractivity contribution < 1.29 is 19.5 Å². The number of halogens is 1. The maximum atomic E-state index is 12.3. The number of benzene rings is 2. The zero-order valence-electron chi connectivity index (χ0n) is 13.5. The molecule has 0 aliphatic rings. The Morgan fingerprint density at radius 3 is 2.50 bits per heavy atom. The smallest absolute Gasteiger partial charge is 0.274 e. The number of hydrogen-bond acceptors (Lipinski definition) is 5. The minimum atomic E-state index is -0.593. The van der Waals surface area contributed by atoms with Crippen molar-refractivity contribution in [3.05, 3.63) is 64.0 Å². The molecule has 0 bridgehead atoms. The molecule has 0 aliphatic heterocycles. The maximum Gasteiger partial charge on any atom is 0.274 e. The van der Waals surface area contributed by atoms with Crippen LogP contribution in [0.3, 0.4) is 0 Å². The largest absolute Gasteiger partial charge is 0.492 e. The molecule has 3 rings (SSSR count). The molecule has 6 nitrogen and oxygen atoms in total. The number of ether oxygens (including phenoxy) is 1. The SMILES string of the molecule is O=C(NO)c1ccc(OCCNC(=O)c2sc3ccccc3c2Cl)cc1. The van der Waals surface area contributed by atoms with E-state index in [1.807, 2.05) is 24.3 Å². The van der Waals surface area contributed by atoms with Crippen LogP contribution in [0, 0.1) is 0 Å². The lowest BCUT2D eigenvalue weighted by molar-refractivity contribution is 0.0706. The van der Waals surface area contributed by atoms with Crippen LogP contribution >= 0.6 is 22.9 Å². The molecule has 0 radical (unpaired) electrons. The predicted octanol–water partition coefficient (Wildman–Crippen LogP) is 3.48. The highest BCUT2D eigenvalue weighted by Crippen LogP contribution is 2.34. The Hall–Kier alpha value is -2.61. The second-order valence-corrected chi connectivity index (χ2v) is 6.74. The van der Waals surface area contributed by atoms with Gasteiger partial charge in [0.25, 0.3) is 11.8 Å². The fourth-order valence-electron chi connectivity index (χ4n) is 2.34. The van der Waals surface area contributed by atoms with Crippen molar-refractivity contribution >= 4 is 44.8 Å². The van der Waals surface area contributed by atoms with Crippen molar-refractivity contribution in [1.29, 1.82) is 0 Å². The van der Waals surface area contributed by atoms with Crippen LogP contribution < -0.4 is 15.5 Å². The van der Waals surface area contributed by atoms with E-state index < -0.39 is 5.91 Å². The molecule has 3 aromatic rings. The Morgan fingerprint density at radius 1 is 1.08 bits per heavy atom. The van der Waals surface area contributed by atoms with E-state index >= 15 is 0 Å². The lowest BCUT2D eigenvalue weighted by Crippen LogP contribution is -2.27. The van der Waals surface area contributed by atoms with Crippen LogP contribution in [0.5, 0.6) is 5.75 Å². The number of carbonyl (C=O) groups is 2. The van der Waals surface area contributed by atoms with Gasteiger partial charge >= 0.3 is 0 Å². The fraction of sp³-hybridized carbons (Fsp3) is 0.111. The van der Waals surface area contributed by atoms with Crippen LogP contribution in [-0.4, -0.2) is 30.2 Å². The van der Waals surface area contributed by atoms with Crippen LogP contribution in [0.15, 0.2) is 48.5 Å². The van der Waals surface area contributed by atoms with E-state index in [4.69, 9.17) is 21.5 Å². The van der Waals surface area contributed by atoms with Gasteiger partial charge in [-0.2, -0.15) is 0 Å². The number of nitrogens with one attached hydrogen (secondary N) is 2. The van der Waals surface area contributed by atoms with E-state index in [0.717, 1.165) is 10.1 Å². The summed E-state index contributed by atoms with van der Waals surface area (Å²) in [4.78, 5) is 24.0. The minimum Gasteiger partial charge on any atom is -0.492 e. The van der Waals surface area contributed by atoms with Crippen LogP contribution in [0.4, 0.5) is 0 Å². The summed E-state index contributed by atoms with van der Waals surface area (Å²) in [6.07, 6.45) is 0. The summed E-state index contributed by atoms with van der Waals surface area (Å²) in [7, 11) is 0. The molecular weight excluding hydrogens is 376 g/mol. The van der Waals surface area contributed by atoms with Gasteiger partial charge in [-0.3, -0.25) is 14.8 Å². The first-order chi connectivity index (χ1) is 12.6. The lowest BCUT2D eigenvalue weighted by atomic mass is 10.2. The first kappa shape index (κ1) is 18.2. The second-order valence-electron chi connectivity index (χ2n) is 5.31. The molecule has 0 saturated carbocycles. The Labute approximate surface area is 158 Å². The van der Waals surface area contributed by atoms with Crippen LogP contribution in [0.25, 0.3) is 10.1 Å². The molecule has 1 heterocycles. The first-order valence-electron chi connectivity index (χ1n) is 7.72. The van der Waals surface area contributed by atoms with Gasteiger partial charge in [-0.15, -0.1) is 11.3 Å². The second kappa shape index (κ2) is 8.18. The Balaban J connectivity index is 1.52. The molecular formula is C18H15ClN2O4S. The van der Waals surface area contributed by atoms with Gasteiger partial charge in [-0.05, 0) is 30.3 Å². The van der Waals surface area contributed by atoms with Gasteiger partial charge in [0.05, 0.1) is 11.6 Å². The van der Waals surface area contributed by atoms with Crippen molar-refractivity contribution in [2.24, 2.45) is 0 Å². The molecule has 0 aliphatic carbocycles. The number of hydroxylamine groups is 1. The van der Waals surface area contributed by atoms with Crippen LogP contribution in [0.2, 0.25) is 5.02 Å². The van der Waals surface area contributed by atoms with E-state index in [-0.39, 0.29) is 12.5 Å². The van der Waals surface area contributed by atoms with Crippen molar-refractivity contribution in [2.75, 3.05) is 13.2 Å². The monoisotopic (exact) mass is 390 g/mol. The average molecular weight is 391 g/mol. The van der Waals surface area contributed by atoms with Gasteiger partial charge in [0, 0.05) is 15.6 Å². The van der Waals surface area contributed by atoms with Crippen molar-refractivity contribution in [1.82, 2.24) is 10.8 Å². The minimum absolute atomic E-state index is 0.241. The predicted molar refractivity (Wildman–Crippen MR) is 100 cm³/mol. The highest BCUT2D eigenvalue weighted by molar-refractivity contribution is 7.21. The summed E-state index contributed by atoms with van der Waals surface area (Å²) in [5, 5.41) is 12.7. The number of amides is 2. The molecule has 2 aromatic carbocycles. The van der Waals surface area contributed by atoms with Gasteiger partial charge < -0.3 is 10.1 Å². The molecule has 0 atom stereocenters. The van der Waals surface area contributed by atoms with E-state index in [0.29, 0.717) is 27.8 Å². The molecule has 3 N–H and O–H groups in total. The number of rotatable bonds is 6. The van der Waals surface area contributed by atoms with E-state index in [1.165, 1.54) is 23.5 Å². The highest BCUT2D eigenvalue weighted by Gasteiger charge is 2.16. The molecule has 0 saturated heterocycles. The highest BCUT2D eigenvalue weighted by atomic mass is 35.5. The quantitative estimate of drug-likeness (QED) is 0.341. The van der Waals surface area contributed by atoms with Gasteiger partial charge in [0.2, 0.25) is 0 Å². The van der Waals surface area contributed by atoms with Crippen LogP contribution in [0.1, 0.15) is 20.0 Å². The molecule has 0 fully saturated rings. The fourth-order valence-corrected chi connectivity index (χ4v) is 3.77. The van der Waals surface area contributed by atoms with Crippen molar-refractivity contribution in [2.45, 2.75) is 0 Å². The zero-order chi connectivity index (χ0) is 18.5. The Morgan fingerprint density at radius 2 is 1.81 bits per heavy atom. The van der Waals surface area contributed by atoms with Gasteiger partial charge in [0.1, 0.15) is 17.2 Å². The Kier molecular flexibility index (Phi) is 5.72. The number of fused-ring (bicyclic) bond motifs is 1. The van der Waals surface area contributed by atoms with Crippen LogP contribution in [-0.2, 0) is 0 Å². The molecule has 134 valence electrons. The van der Waals surface area contributed by atoms with Gasteiger partial charge in [0.15, 0.2) is 0 Å². The average Bonchev–Trinajstić information content (AvgIpc) is 3.02. The first-order valence-corrected chi connectivity index (χ1v) is 8.92. The Bertz CT molecular complexity index is 940. The summed E-state index contributed by atoms with van der Waals surface area (Å²) < 4.78 is 6.48. The lowest BCUT2D eigenvalue weighted by Gasteiger charge is -2.08. The van der Waals surface area contributed by atoms with E-state index in [1.54, 1.807) is 17.6 Å². The molecule has 2 amide bonds. The van der Waals surface area contributed by atoms with E-state index in [2.05, 4.69) is 5.32 Å². The molecule has 0 spiro atoms. The third-order valence-electron chi connectivity index (χ3n) is 3.62. The van der Waals surface area contributed by atoms with E-state index in [9.17, 15) is 9.59 Å². The summed E-state index contributed by atoms with van der Waals surface area (Å²) in [5.41, 5.74) is 1.87. The number of thiophene rings is 1.